The molecular formula is C45H41N. The number of benzene rings is 6. The topological polar surface area (TPSA) is 12.0 Å². The van der Waals surface area contributed by atoms with Gasteiger partial charge in [-0.2, -0.15) is 0 Å². The molecule has 8 rings (SSSR count). The molecule has 0 atom stereocenters. The summed E-state index contributed by atoms with van der Waals surface area (Å²) in [4.78, 5) is 0. The van der Waals surface area contributed by atoms with Gasteiger partial charge in [0.15, 0.2) is 0 Å². The lowest BCUT2D eigenvalue weighted by molar-refractivity contribution is 0.586. The van der Waals surface area contributed by atoms with Crippen LogP contribution in [0.4, 0.5) is 11.4 Å². The zero-order valence-electron chi connectivity index (χ0n) is 27.7. The number of hydrogen-bond acceptors (Lipinski definition) is 1. The van der Waals surface area contributed by atoms with Crippen molar-refractivity contribution in [2.45, 2.75) is 57.8 Å². The molecule has 46 heavy (non-hydrogen) atoms. The zero-order chi connectivity index (χ0) is 31.8. The monoisotopic (exact) mass is 595 g/mol. The molecule has 6 aromatic carbocycles. The van der Waals surface area contributed by atoms with E-state index in [0.717, 1.165) is 11.4 Å². The lowest BCUT2D eigenvalue weighted by atomic mass is 9.69. The summed E-state index contributed by atoms with van der Waals surface area (Å²) in [5, 5.41) is 3.85. The number of anilines is 2. The molecule has 2 aliphatic carbocycles. The van der Waals surface area contributed by atoms with Gasteiger partial charge in [-0.25, -0.2) is 0 Å². The van der Waals surface area contributed by atoms with Crippen LogP contribution in [0.1, 0.15) is 74.9 Å². The lowest BCUT2D eigenvalue weighted by Crippen LogP contribution is -2.27. The highest BCUT2D eigenvalue weighted by Gasteiger charge is 2.52. The summed E-state index contributed by atoms with van der Waals surface area (Å²) in [5.41, 5.74) is 17.9. The minimum Gasteiger partial charge on any atom is -0.355 e. The standard InChI is InChI=1S/C45H41N/c1-43(2,3)31-21-25-34-35-26-22-32(44(4,5)6)28-40(35)45(39(34)27-31)37-16-11-10-15-36(37)42-38(45)17-12-18-41(42)46-33-23-19-30(20-24-33)29-13-8-7-9-14-29/h7-28,46H,1-6H3. The van der Waals surface area contributed by atoms with Gasteiger partial charge in [0, 0.05) is 16.9 Å². The molecule has 0 fully saturated rings. The predicted octanol–water partition coefficient (Wildman–Crippen LogP) is 12.0. The fourth-order valence-corrected chi connectivity index (χ4v) is 7.80. The minimum atomic E-state index is -0.395. The zero-order valence-corrected chi connectivity index (χ0v) is 27.7. The maximum atomic E-state index is 3.85. The van der Waals surface area contributed by atoms with Crippen LogP contribution in [-0.4, -0.2) is 0 Å². The molecule has 0 aromatic heterocycles. The van der Waals surface area contributed by atoms with Gasteiger partial charge in [-0.05, 0) is 90.2 Å². The highest BCUT2D eigenvalue weighted by molar-refractivity contribution is 5.99. The summed E-state index contributed by atoms with van der Waals surface area (Å²) in [6.07, 6.45) is 0. The molecular weight excluding hydrogens is 555 g/mol. The van der Waals surface area contributed by atoms with Crippen molar-refractivity contribution in [2.75, 3.05) is 5.32 Å². The summed E-state index contributed by atoms with van der Waals surface area (Å²) in [6.45, 7) is 13.9. The van der Waals surface area contributed by atoms with Gasteiger partial charge in [-0.15, -0.1) is 0 Å². The van der Waals surface area contributed by atoms with E-state index in [0.29, 0.717) is 0 Å². The van der Waals surface area contributed by atoms with Crippen molar-refractivity contribution in [1.29, 1.82) is 0 Å². The third-order valence-electron chi connectivity index (χ3n) is 10.2. The van der Waals surface area contributed by atoms with Gasteiger partial charge in [0.2, 0.25) is 0 Å². The molecule has 0 heterocycles. The molecule has 6 aromatic rings. The smallest absolute Gasteiger partial charge is 0.0726 e. The molecule has 2 aliphatic rings. The Morgan fingerprint density at radius 3 is 1.59 bits per heavy atom. The fraction of sp³-hybridized carbons (Fsp3) is 0.200. The van der Waals surface area contributed by atoms with E-state index in [-0.39, 0.29) is 10.8 Å². The quantitative estimate of drug-likeness (QED) is 0.214. The van der Waals surface area contributed by atoms with E-state index in [1.165, 1.54) is 66.8 Å². The number of hydrogen-bond donors (Lipinski definition) is 1. The molecule has 0 bridgehead atoms. The highest BCUT2D eigenvalue weighted by atomic mass is 14.9. The number of nitrogens with one attached hydrogen (secondary N) is 1. The van der Waals surface area contributed by atoms with E-state index >= 15 is 0 Å². The Labute approximate surface area is 274 Å². The molecule has 0 radical (unpaired) electrons. The van der Waals surface area contributed by atoms with Gasteiger partial charge in [0.05, 0.1) is 5.41 Å². The first kappa shape index (κ1) is 28.6. The van der Waals surface area contributed by atoms with Crippen LogP contribution in [0.15, 0.2) is 133 Å². The van der Waals surface area contributed by atoms with Crippen LogP contribution >= 0.6 is 0 Å². The summed E-state index contributed by atoms with van der Waals surface area (Å²) in [6, 6.07) is 49.9. The number of rotatable bonds is 3. The van der Waals surface area contributed by atoms with Crippen molar-refractivity contribution in [3.63, 3.8) is 0 Å². The normalized spacial score (nSPS) is 14.0. The van der Waals surface area contributed by atoms with Gasteiger partial charge in [0.1, 0.15) is 0 Å². The van der Waals surface area contributed by atoms with Crippen LogP contribution in [0.5, 0.6) is 0 Å². The van der Waals surface area contributed by atoms with Crippen LogP contribution in [0.2, 0.25) is 0 Å². The van der Waals surface area contributed by atoms with Gasteiger partial charge in [0.25, 0.3) is 0 Å². The Balaban J connectivity index is 1.37. The SMILES string of the molecule is CC(C)(C)c1ccc2c(c1)C1(c3cc(C(C)(C)C)ccc3-2)c2ccccc2-c2c(Nc3ccc(-c4ccccc4)cc3)cccc21. The maximum absolute atomic E-state index is 3.85. The average Bonchev–Trinajstić information content (AvgIpc) is 3.52. The van der Waals surface area contributed by atoms with E-state index in [1.807, 2.05) is 0 Å². The van der Waals surface area contributed by atoms with Crippen molar-refractivity contribution in [3.8, 4) is 33.4 Å². The second-order valence-electron chi connectivity index (χ2n) is 15.1. The Morgan fingerprint density at radius 1 is 0.435 bits per heavy atom. The van der Waals surface area contributed by atoms with E-state index in [4.69, 9.17) is 0 Å². The third-order valence-corrected chi connectivity index (χ3v) is 10.2. The van der Waals surface area contributed by atoms with Crippen LogP contribution in [0, 0.1) is 0 Å². The van der Waals surface area contributed by atoms with Gasteiger partial charge >= 0.3 is 0 Å². The molecule has 1 N–H and O–H groups in total. The first-order valence-corrected chi connectivity index (χ1v) is 16.5. The minimum absolute atomic E-state index is 0.0395. The van der Waals surface area contributed by atoms with Gasteiger partial charge in [-0.3, -0.25) is 0 Å². The summed E-state index contributed by atoms with van der Waals surface area (Å²) >= 11 is 0. The van der Waals surface area contributed by atoms with E-state index in [1.54, 1.807) is 0 Å². The Kier molecular flexibility index (Phi) is 6.25. The van der Waals surface area contributed by atoms with Crippen molar-refractivity contribution in [3.05, 3.63) is 167 Å². The second-order valence-corrected chi connectivity index (χ2v) is 15.1. The van der Waals surface area contributed by atoms with Crippen molar-refractivity contribution < 1.29 is 0 Å². The first-order chi connectivity index (χ1) is 22.1. The summed E-state index contributed by atoms with van der Waals surface area (Å²) in [5.74, 6) is 0. The van der Waals surface area contributed by atoms with Gasteiger partial charge in [-0.1, -0.05) is 157 Å². The molecule has 1 spiro atoms. The maximum Gasteiger partial charge on any atom is 0.0726 e. The van der Waals surface area contributed by atoms with E-state index < -0.39 is 5.41 Å². The summed E-state index contributed by atoms with van der Waals surface area (Å²) in [7, 11) is 0. The van der Waals surface area contributed by atoms with Crippen LogP contribution in [0.3, 0.4) is 0 Å². The van der Waals surface area contributed by atoms with Crippen molar-refractivity contribution in [2.24, 2.45) is 0 Å². The highest BCUT2D eigenvalue weighted by Crippen LogP contribution is 2.64. The van der Waals surface area contributed by atoms with Crippen LogP contribution < -0.4 is 5.32 Å². The molecule has 0 saturated heterocycles. The lowest BCUT2D eigenvalue weighted by Gasteiger charge is -2.33. The Hall–Kier alpha value is -4.88. The van der Waals surface area contributed by atoms with Crippen LogP contribution in [0.25, 0.3) is 33.4 Å². The molecule has 0 aliphatic heterocycles. The molecule has 0 unspecified atom stereocenters. The molecule has 1 nitrogen and oxygen atoms in total. The Morgan fingerprint density at radius 2 is 0.978 bits per heavy atom. The van der Waals surface area contributed by atoms with Crippen molar-refractivity contribution in [1.82, 2.24) is 0 Å². The largest absolute Gasteiger partial charge is 0.355 e. The summed E-state index contributed by atoms with van der Waals surface area (Å²) < 4.78 is 0. The molecule has 226 valence electrons. The Bertz CT molecular complexity index is 2060. The fourth-order valence-electron chi connectivity index (χ4n) is 7.80. The first-order valence-electron chi connectivity index (χ1n) is 16.5. The molecule has 0 amide bonds. The third kappa shape index (κ3) is 4.22. The van der Waals surface area contributed by atoms with Crippen molar-refractivity contribution >= 4 is 11.4 Å². The van der Waals surface area contributed by atoms with Gasteiger partial charge < -0.3 is 5.32 Å². The average molecular weight is 596 g/mol. The van der Waals surface area contributed by atoms with E-state index in [9.17, 15) is 0 Å². The second kappa shape index (κ2) is 10.1. The molecule has 0 saturated carbocycles. The van der Waals surface area contributed by atoms with Crippen LogP contribution in [-0.2, 0) is 16.2 Å². The van der Waals surface area contributed by atoms with E-state index in [2.05, 4.69) is 180 Å². The molecule has 1 heteroatoms. The predicted molar refractivity (Wildman–Crippen MR) is 195 cm³/mol. The number of fused-ring (bicyclic) bond motifs is 10.